The van der Waals surface area contributed by atoms with Gasteiger partial charge in [0.2, 0.25) is 0 Å². The van der Waals surface area contributed by atoms with E-state index in [0.29, 0.717) is 0 Å². The monoisotopic (exact) mass is 198 g/mol. The standard InChI is InChI=1S/C3H6O.Ca.H3O4P.2H/c1-3(2)4;;1-5(2,3)4;;/h1-2H3;;(H3,1,2,3,4);;/q;+2;;2*-1. The van der Waals surface area contributed by atoms with Crippen molar-refractivity contribution < 1.29 is 26.9 Å². The number of carbonyl (C=O) groups is 1. The molecule has 5 nitrogen and oxygen atoms in total. The average Bonchev–Trinajstić information content (AvgIpc) is 1.19. The van der Waals surface area contributed by atoms with Gasteiger partial charge in [-0.2, -0.15) is 0 Å². The van der Waals surface area contributed by atoms with Gasteiger partial charge in [0.1, 0.15) is 5.78 Å². The molecule has 0 aromatic heterocycles. The maximum Gasteiger partial charge on any atom is 2.00 e. The Hall–Kier alpha value is 1.04. The third kappa shape index (κ3) is 540. The molecule has 0 fully saturated rings. The van der Waals surface area contributed by atoms with Crippen molar-refractivity contribution in [3.8, 4) is 0 Å². The van der Waals surface area contributed by atoms with E-state index >= 15 is 0 Å². The molecule has 0 aliphatic carbocycles. The van der Waals surface area contributed by atoms with Crippen LogP contribution in [-0.2, 0) is 9.36 Å². The fourth-order valence-corrected chi connectivity index (χ4v) is 0. The summed E-state index contributed by atoms with van der Waals surface area (Å²) < 4.78 is 8.88. The smallest absolute Gasteiger partial charge is 1.00 e. The van der Waals surface area contributed by atoms with E-state index in [-0.39, 0.29) is 46.4 Å². The molecule has 0 aromatic carbocycles. The second-order valence-corrected chi connectivity index (χ2v) is 2.45. The van der Waals surface area contributed by atoms with E-state index in [2.05, 4.69) is 0 Å². The van der Waals surface area contributed by atoms with Gasteiger partial charge in [-0.05, 0) is 13.8 Å². The van der Waals surface area contributed by atoms with Gasteiger partial charge in [-0.1, -0.05) is 0 Å². The van der Waals surface area contributed by atoms with Gasteiger partial charge in [-0.15, -0.1) is 0 Å². The van der Waals surface area contributed by atoms with Crippen molar-refractivity contribution in [2.45, 2.75) is 13.8 Å². The molecule has 0 amide bonds. The van der Waals surface area contributed by atoms with E-state index in [1.165, 1.54) is 13.8 Å². The van der Waals surface area contributed by atoms with Crippen LogP contribution in [0.3, 0.4) is 0 Å². The van der Waals surface area contributed by atoms with Crippen LogP contribution >= 0.6 is 7.82 Å². The summed E-state index contributed by atoms with van der Waals surface area (Å²) in [5.41, 5.74) is 0. The number of rotatable bonds is 0. The molecule has 7 heteroatoms. The van der Waals surface area contributed by atoms with Gasteiger partial charge < -0.3 is 22.3 Å². The maximum absolute atomic E-state index is 9.44. The summed E-state index contributed by atoms with van der Waals surface area (Å²) in [6, 6.07) is 0. The van der Waals surface area contributed by atoms with Crippen LogP contribution in [0.1, 0.15) is 16.7 Å². The summed E-state index contributed by atoms with van der Waals surface area (Å²) in [6.45, 7) is 3.06. The third-order valence-electron chi connectivity index (χ3n) is 0. The Morgan fingerprint density at radius 2 is 1.30 bits per heavy atom. The number of hydrogen-bond acceptors (Lipinski definition) is 2. The molecule has 0 aliphatic rings. The Kier molecular flexibility index (Phi) is 14.0. The second-order valence-electron chi connectivity index (χ2n) is 1.42. The number of ketones is 1. The Bertz CT molecular complexity index is 124. The largest absolute Gasteiger partial charge is 2.00 e. The molecule has 0 unspecified atom stereocenters. The van der Waals surface area contributed by atoms with E-state index < -0.39 is 7.82 Å². The van der Waals surface area contributed by atoms with Gasteiger partial charge >= 0.3 is 45.6 Å². The van der Waals surface area contributed by atoms with Crippen LogP contribution in [0.15, 0.2) is 0 Å². The van der Waals surface area contributed by atoms with Crippen LogP contribution in [0.2, 0.25) is 0 Å². The predicted octanol–water partition coefficient (Wildman–Crippen LogP) is -0.489. The summed E-state index contributed by atoms with van der Waals surface area (Å²) in [5.74, 6) is 0.167. The molecule has 3 N–H and O–H groups in total. The molecule has 0 radical (unpaired) electrons. The van der Waals surface area contributed by atoms with E-state index in [4.69, 9.17) is 19.2 Å². The first-order chi connectivity index (χ1) is 3.73. The first-order valence-corrected chi connectivity index (χ1v) is 3.55. The summed E-state index contributed by atoms with van der Waals surface area (Å²) in [4.78, 5) is 31.0. The van der Waals surface area contributed by atoms with Crippen LogP contribution in [0.25, 0.3) is 0 Å². The summed E-state index contributed by atoms with van der Waals surface area (Å²) in [7, 11) is -4.64. The van der Waals surface area contributed by atoms with Crippen molar-refractivity contribution >= 4 is 51.3 Å². The maximum atomic E-state index is 9.44. The van der Waals surface area contributed by atoms with E-state index in [9.17, 15) is 4.79 Å². The third-order valence-corrected chi connectivity index (χ3v) is 0. The number of Topliss-reactive ketones (excluding diaryl/α,β-unsaturated/α-hetero) is 1. The Balaban J connectivity index is -0.0000000221. The van der Waals surface area contributed by atoms with Gasteiger partial charge in [-0.25, -0.2) is 4.57 Å². The molecule has 60 valence electrons. The average molecular weight is 198 g/mol. The normalized spacial score (nSPS) is 8.50. The fourth-order valence-electron chi connectivity index (χ4n) is 0. The molecule has 10 heavy (non-hydrogen) atoms. The summed E-state index contributed by atoms with van der Waals surface area (Å²) in [6.07, 6.45) is 0. The molecular formula is C3H11CaO5P. The molecule has 0 bridgehead atoms. The van der Waals surface area contributed by atoms with Crippen molar-refractivity contribution in [1.29, 1.82) is 0 Å². The summed E-state index contributed by atoms with van der Waals surface area (Å²) in [5, 5.41) is 0. The minimum atomic E-state index is -4.64. The number of hydrogen-bond donors (Lipinski definition) is 3. The van der Waals surface area contributed by atoms with Crippen molar-refractivity contribution in [3.05, 3.63) is 0 Å². The Labute approximate surface area is 91.7 Å². The van der Waals surface area contributed by atoms with Gasteiger partial charge in [-0.3, -0.25) is 0 Å². The first kappa shape index (κ1) is 17.2. The quantitative estimate of drug-likeness (QED) is 0.360. The van der Waals surface area contributed by atoms with Gasteiger partial charge in [0.25, 0.3) is 0 Å². The van der Waals surface area contributed by atoms with Gasteiger partial charge in [0.05, 0.1) is 0 Å². The minimum Gasteiger partial charge on any atom is -1.00 e. The molecule has 0 saturated heterocycles. The zero-order chi connectivity index (χ0) is 8.08. The van der Waals surface area contributed by atoms with Gasteiger partial charge in [0.15, 0.2) is 0 Å². The first-order valence-electron chi connectivity index (χ1n) is 1.99. The molecule has 0 heterocycles. The minimum absolute atomic E-state index is 0. The van der Waals surface area contributed by atoms with Gasteiger partial charge in [0, 0.05) is 0 Å². The van der Waals surface area contributed by atoms with Crippen LogP contribution in [-0.4, -0.2) is 58.2 Å². The van der Waals surface area contributed by atoms with Crippen molar-refractivity contribution in [2.24, 2.45) is 0 Å². The predicted molar refractivity (Wildman–Crippen MR) is 38.6 cm³/mol. The van der Waals surface area contributed by atoms with Crippen LogP contribution in [0.5, 0.6) is 0 Å². The van der Waals surface area contributed by atoms with Crippen LogP contribution < -0.4 is 0 Å². The van der Waals surface area contributed by atoms with E-state index in [0.717, 1.165) is 0 Å². The van der Waals surface area contributed by atoms with Crippen molar-refractivity contribution in [3.63, 3.8) is 0 Å². The second kappa shape index (κ2) is 8.14. The van der Waals surface area contributed by atoms with E-state index in [1.54, 1.807) is 0 Å². The number of carbonyl (C=O) groups excluding carboxylic acids is 1. The molecule has 0 rings (SSSR count). The number of phosphoric acid groups is 1. The van der Waals surface area contributed by atoms with Crippen LogP contribution in [0.4, 0.5) is 0 Å². The fraction of sp³-hybridized carbons (Fsp3) is 0.667. The van der Waals surface area contributed by atoms with Crippen molar-refractivity contribution in [1.82, 2.24) is 0 Å². The Morgan fingerprint density at radius 1 is 1.30 bits per heavy atom. The molecular weight excluding hydrogens is 187 g/mol. The molecule has 0 atom stereocenters. The van der Waals surface area contributed by atoms with E-state index in [1.807, 2.05) is 0 Å². The van der Waals surface area contributed by atoms with Crippen LogP contribution in [0, 0.1) is 0 Å². The SMILES string of the molecule is CC(C)=O.O=P(O)(O)O.[Ca+2].[H-].[H-]. The molecule has 0 spiro atoms. The zero-order valence-electron chi connectivity index (χ0n) is 7.81. The molecule has 0 saturated carbocycles. The Morgan fingerprint density at radius 3 is 1.30 bits per heavy atom. The van der Waals surface area contributed by atoms with Crippen molar-refractivity contribution in [2.75, 3.05) is 0 Å². The zero-order valence-corrected chi connectivity index (χ0v) is 8.92. The summed E-state index contributed by atoms with van der Waals surface area (Å²) >= 11 is 0. The molecule has 0 aliphatic heterocycles. The topological polar surface area (TPSA) is 94.8 Å². The molecule has 0 aromatic rings.